The molecule has 0 unspecified atom stereocenters. The molecule has 0 aromatic heterocycles. The summed E-state index contributed by atoms with van der Waals surface area (Å²) in [5.74, 6) is -1.62. The van der Waals surface area contributed by atoms with Crippen molar-refractivity contribution in [3.8, 4) is 0 Å². The number of nitrogens with one attached hydrogen (secondary N) is 1. The third-order valence-electron chi connectivity index (χ3n) is 5.37. The van der Waals surface area contributed by atoms with Crippen molar-refractivity contribution in [3.63, 3.8) is 0 Å². The van der Waals surface area contributed by atoms with E-state index in [0.717, 1.165) is 5.56 Å². The van der Waals surface area contributed by atoms with Crippen molar-refractivity contribution in [1.29, 1.82) is 0 Å². The molecule has 2 amide bonds. The van der Waals surface area contributed by atoms with E-state index in [1.807, 2.05) is 30.3 Å². The van der Waals surface area contributed by atoms with Gasteiger partial charge in [0.1, 0.15) is 17.1 Å². The molecule has 2 aliphatic rings. The summed E-state index contributed by atoms with van der Waals surface area (Å²) in [6, 6.07) is 13.5. The number of carboxylic acid groups (broad SMARTS) is 1. The Morgan fingerprint density at radius 2 is 1.85 bits per heavy atom. The van der Waals surface area contributed by atoms with E-state index in [1.54, 1.807) is 18.2 Å². The Morgan fingerprint density at radius 3 is 2.52 bits per heavy atom. The van der Waals surface area contributed by atoms with Crippen molar-refractivity contribution in [2.75, 3.05) is 5.75 Å². The third-order valence-corrected chi connectivity index (χ3v) is 8.04. The molecule has 2 aromatic carbocycles. The average Bonchev–Trinajstić information content (AvgIpc) is 2.82. The van der Waals surface area contributed by atoms with Gasteiger partial charge in [-0.3, -0.25) is 14.5 Å². The van der Waals surface area contributed by atoms with Gasteiger partial charge in [-0.2, -0.15) is 0 Å². The fraction of sp³-hybridized carbons (Fsp3) is 0.261. The van der Waals surface area contributed by atoms with Crippen LogP contribution < -0.4 is 5.32 Å². The molecule has 0 radical (unpaired) electrons. The molecule has 2 atom stereocenters. The van der Waals surface area contributed by atoms with Gasteiger partial charge in [-0.1, -0.05) is 54.2 Å². The predicted octanol–water partition coefficient (Wildman–Crippen LogP) is 1.70. The van der Waals surface area contributed by atoms with Crippen molar-refractivity contribution >= 4 is 41.3 Å². The molecule has 0 saturated carbocycles. The summed E-state index contributed by atoms with van der Waals surface area (Å²) < 4.78 is 0. The summed E-state index contributed by atoms with van der Waals surface area (Å²) in [5, 5.41) is 31.1. The molecule has 4 rings (SSSR count). The van der Waals surface area contributed by atoms with Crippen molar-refractivity contribution in [2.45, 2.75) is 35.9 Å². The number of hydrogen-bond donors (Lipinski definition) is 4. The SMILES string of the molecule is O=C(Cc1ccccc1)N[C@@H]1C(=O)N2C(C(=O)O)=C(Sc3ccc(CO)cc3CO)CS[C@@H]12. The first kappa shape index (κ1) is 23.4. The van der Waals surface area contributed by atoms with Gasteiger partial charge in [0.15, 0.2) is 0 Å². The number of benzene rings is 2. The smallest absolute Gasteiger partial charge is 0.353 e. The molecule has 2 aromatic rings. The molecule has 4 N–H and O–H groups in total. The molecule has 2 aliphatic heterocycles. The van der Waals surface area contributed by atoms with Crippen molar-refractivity contribution in [2.24, 2.45) is 0 Å². The first-order valence-corrected chi connectivity index (χ1v) is 12.0. The third kappa shape index (κ3) is 4.79. The van der Waals surface area contributed by atoms with Crippen molar-refractivity contribution in [3.05, 3.63) is 75.8 Å². The lowest BCUT2D eigenvalue weighted by molar-refractivity contribution is -0.150. The van der Waals surface area contributed by atoms with E-state index in [0.29, 0.717) is 26.7 Å². The molecular weight excluding hydrogens is 464 g/mol. The number of amides is 2. The summed E-state index contributed by atoms with van der Waals surface area (Å²) in [6.07, 6.45) is 0.137. The molecule has 2 heterocycles. The zero-order chi connectivity index (χ0) is 23.5. The maximum Gasteiger partial charge on any atom is 0.353 e. The Morgan fingerprint density at radius 1 is 1.09 bits per heavy atom. The van der Waals surface area contributed by atoms with Crippen LogP contribution in [0.5, 0.6) is 0 Å². The van der Waals surface area contributed by atoms with Crippen LogP contribution in [0.25, 0.3) is 0 Å². The summed E-state index contributed by atoms with van der Waals surface area (Å²) >= 11 is 2.57. The zero-order valence-corrected chi connectivity index (χ0v) is 19.1. The lowest BCUT2D eigenvalue weighted by Crippen LogP contribution is -2.70. The van der Waals surface area contributed by atoms with Crippen LogP contribution in [0, 0.1) is 0 Å². The summed E-state index contributed by atoms with van der Waals surface area (Å²) in [5.41, 5.74) is 1.93. The number of aliphatic hydroxyl groups is 2. The summed E-state index contributed by atoms with van der Waals surface area (Å²) in [7, 11) is 0. The van der Waals surface area contributed by atoms with E-state index in [1.165, 1.54) is 28.4 Å². The van der Waals surface area contributed by atoms with Crippen LogP contribution in [0.4, 0.5) is 0 Å². The number of aliphatic carboxylic acids is 1. The lowest BCUT2D eigenvalue weighted by Gasteiger charge is -2.49. The van der Waals surface area contributed by atoms with E-state index in [-0.39, 0.29) is 31.2 Å². The second-order valence-corrected chi connectivity index (χ2v) is 9.80. The van der Waals surface area contributed by atoms with E-state index in [4.69, 9.17) is 0 Å². The van der Waals surface area contributed by atoms with Gasteiger partial charge in [-0.05, 0) is 22.8 Å². The minimum Gasteiger partial charge on any atom is -0.477 e. The van der Waals surface area contributed by atoms with Gasteiger partial charge in [0.25, 0.3) is 5.91 Å². The topological polar surface area (TPSA) is 127 Å². The van der Waals surface area contributed by atoms with Crippen LogP contribution in [0.3, 0.4) is 0 Å². The highest BCUT2D eigenvalue weighted by molar-refractivity contribution is 8.06. The Balaban J connectivity index is 1.51. The molecule has 0 bridgehead atoms. The monoisotopic (exact) mass is 486 g/mol. The van der Waals surface area contributed by atoms with Gasteiger partial charge >= 0.3 is 5.97 Å². The summed E-state index contributed by atoms with van der Waals surface area (Å²) in [6.45, 7) is -0.433. The highest BCUT2D eigenvalue weighted by Crippen LogP contribution is 2.45. The molecular formula is C23H22N2O6S2. The van der Waals surface area contributed by atoms with Gasteiger partial charge in [-0.15, -0.1) is 11.8 Å². The molecule has 172 valence electrons. The first-order chi connectivity index (χ1) is 15.9. The van der Waals surface area contributed by atoms with Crippen LogP contribution in [0.1, 0.15) is 16.7 Å². The first-order valence-electron chi connectivity index (χ1n) is 10.2. The summed E-state index contributed by atoms with van der Waals surface area (Å²) in [4.78, 5) is 39.7. The number of fused-ring (bicyclic) bond motifs is 1. The number of carboxylic acids is 1. The predicted molar refractivity (Wildman–Crippen MR) is 124 cm³/mol. The minimum absolute atomic E-state index is 0.0996. The number of β-lactam (4-membered cyclic amide) rings is 1. The molecule has 0 spiro atoms. The minimum atomic E-state index is -1.22. The molecule has 10 heteroatoms. The Hall–Kier alpha value is -2.79. The zero-order valence-electron chi connectivity index (χ0n) is 17.4. The van der Waals surface area contributed by atoms with Crippen LogP contribution in [-0.4, -0.2) is 55.2 Å². The second kappa shape index (κ2) is 10.0. The number of carbonyl (C=O) groups is 3. The Bertz CT molecular complexity index is 1120. The Kier molecular flexibility index (Phi) is 7.08. The quantitative estimate of drug-likeness (QED) is 0.415. The second-order valence-electron chi connectivity index (χ2n) is 7.55. The number of aliphatic hydroxyl groups excluding tert-OH is 2. The Labute approximate surface area is 198 Å². The van der Waals surface area contributed by atoms with Crippen molar-refractivity contribution in [1.82, 2.24) is 10.2 Å². The van der Waals surface area contributed by atoms with Crippen LogP contribution in [0.15, 0.2) is 64.0 Å². The average molecular weight is 487 g/mol. The maximum absolute atomic E-state index is 12.8. The number of rotatable bonds is 8. The van der Waals surface area contributed by atoms with Crippen molar-refractivity contribution < 1.29 is 29.7 Å². The highest BCUT2D eigenvalue weighted by Gasteiger charge is 2.54. The van der Waals surface area contributed by atoms with Gasteiger partial charge in [0.05, 0.1) is 19.6 Å². The molecule has 1 saturated heterocycles. The number of hydrogen-bond acceptors (Lipinski definition) is 7. The normalized spacial score (nSPS) is 19.7. The standard InChI is InChI=1S/C23H22N2O6S2/c26-10-14-6-7-16(15(8-14)11-27)33-17-12-32-22-19(21(29)25(22)20(17)23(30)31)24-18(28)9-13-4-2-1-3-5-13/h1-8,19,22,26-27H,9-12H2,(H,24,28)(H,30,31)/t19-,22+/m1/s1. The van der Waals surface area contributed by atoms with Gasteiger partial charge in [0, 0.05) is 15.6 Å². The van der Waals surface area contributed by atoms with Crippen LogP contribution >= 0.6 is 23.5 Å². The largest absolute Gasteiger partial charge is 0.477 e. The lowest BCUT2D eigenvalue weighted by atomic mass is 10.0. The molecule has 1 fully saturated rings. The number of thioether (sulfide) groups is 2. The van der Waals surface area contributed by atoms with E-state index < -0.39 is 23.3 Å². The van der Waals surface area contributed by atoms with E-state index >= 15 is 0 Å². The van der Waals surface area contributed by atoms with Crippen LogP contribution in [0.2, 0.25) is 0 Å². The van der Waals surface area contributed by atoms with Crippen LogP contribution in [-0.2, 0) is 34.0 Å². The fourth-order valence-corrected chi connectivity index (χ4v) is 6.33. The van der Waals surface area contributed by atoms with Gasteiger partial charge in [0.2, 0.25) is 5.91 Å². The highest BCUT2D eigenvalue weighted by atomic mass is 32.2. The van der Waals surface area contributed by atoms with Gasteiger partial charge < -0.3 is 20.6 Å². The molecule has 8 nitrogen and oxygen atoms in total. The number of carbonyl (C=O) groups excluding carboxylic acids is 2. The van der Waals surface area contributed by atoms with Gasteiger partial charge in [-0.25, -0.2) is 4.79 Å². The van der Waals surface area contributed by atoms with E-state index in [2.05, 4.69) is 5.32 Å². The molecule has 33 heavy (non-hydrogen) atoms. The molecule has 0 aliphatic carbocycles. The fourth-order valence-electron chi connectivity index (χ4n) is 3.76. The maximum atomic E-state index is 12.8. The number of nitrogens with zero attached hydrogens (tertiary/aromatic N) is 1. The van der Waals surface area contributed by atoms with E-state index in [9.17, 15) is 29.7 Å².